The van der Waals surface area contributed by atoms with Crippen molar-refractivity contribution in [3.8, 4) is 11.3 Å². The number of amides is 2. The number of anilines is 1. The van der Waals surface area contributed by atoms with Crippen LogP contribution in [0.3, 0.4) is 0 Å². The van der Waals surface area contributed by atoms with E-state index in [4.69, 9.17) is 0 Å². The summed E-state index contributed by atoms with van der Waals surface area (Å²) in [6, 6.07) is 17.6. The number of nitrogens with one attached hydrogen (secondary N) is 2. The maximum atomic E-state index is 12.4. The van der Waals surface area contributed by atoms with Crippen LogP contribution in [0, 0.1) is 0 Å². The molecule has 0 bridgehead atoms. The van der Waals surface area contributed by atoms with E-state index in [0.29, 0.717) is 0 Å². The third-order valence-electron chi connectivity index (χ3n) is 4.81. The van der Waals surface area contributed by atoms with Crippen LogP contribution < -0.4 is 10.6 Å². The second-order valence-corrected chi connectivity index (χ2v) is 7.72. The lowest BCUT2D eigenvalue weighted by Crippen LogP contribution is -2.34. The van der Waals surface area contributed by atoms with Crippen molar-refractivity contribution >= 4 is 33.8 Å². The molecule has 2 aromatic heterocycles. The minimum absolute atomic E-state index is 0.0661. The van der Waals surface area contributed by atoms with Gasteiger partial charge in [-0.15, -0.1) is 11.3 Å². The Balaban J connectivity index is 1.36. The average Bonchev–Trinajstić information content (AvgIpc) is 3.35. The number of aryl methyl sites for hydroxylation is 1. The van der Waals surface area contributed by atoms with E-state index < -0.39 is 0 Å². The largest absolute Gasteiger partial charge is 0.347 e. The van der Waals surface area contributed by atoms with Gasteiger partial charge in [-0.25, -0.2) is 4.98 Å². The van der Waals surface area contributed by atoms with E-state index in [1.807, 2.05) is 77.5 Å². The third-order valence-corrected chi connectivity index (χ3v) is 5.70. The minimum Gasteiger partial charge on any atom is -0.347 e. The summed E-state index contributed by atoms with van der Waals surface area (Å²) in [5.74, 6) is -0.447. The van der Waals surface area contributed by atoms with Crippen molar-refractivity contribution in [1.82, 2.24) is 14.7 Å². The fourth-order valence-corrected chi connectivity index (χ4v) is 4.13. The van der Waals surface area contributed by atoms with Crippen molar-refractivity contribution in [2.75, 3.05) is 11.9 Å². The molecular formula is C23H22N4O2S. The van der Waals surface area contributed by atoms with Crippen LogP contribution in [0.25, 0.3) is 16.2 Å². The first-order valence-corrected chi connectivity index (χ1v) is 10.7. The second-order valence-electron chi connectivity index (χ2n) is 6.88. The maximum Gasteiger partial charge on any atom is 0.243 e. The number of benzene rings is 2. The first-order chi connectivity index (χ1) is 14.6. The monoisotopic (exact) mass is 418 g/mol. The van der Waals surface area contributed by atoms with Gasteiger partial charge in [-0.05, 0) is 18.1 Å². The summed E-state index contributed by atoms with van der Waals surface area (Å²) < 4.78 is 1.93. The van der Waals surface area contributed by atoms with E-state index in [1.165, 1.54) is 11.3 Å². The first kappa shape index (κ1) is 19.8. The molecule has 152 valence electrons. The van der Waals surface area contributed by atoms with Crippen molar-refractivity contribution in [2.24, 2.45) is 0 Å². The number of nitrogens with zero attached hydrogens (tertiary/aromatic N) is 2. The summed E-state index contributed by atoms with van der Waals surface area (Å²) in [7, 11) is 0. The number of thiazole rings is 1. The average molecular weight is 419 g/mol. The molecule has 2 amide bonds. The fourth-order valence-electron chi connectivity index (χ4n) is 3.26. The molecule has 4 rings (SSSR count). The molecule has 0 saturated heterocycles. The molecule has 7 heteroatoms. The fraction of sp³-hybridized carbons (Fsp3) is 0.174. The Morgan fingerprint density at radius 1 is 1.03 bits per heavy atom. The van der Waals surface area contributed by atoms with Gasteiger partial charge in [0.25, 0.3) is 0 Å². The molecule has 6 nitrogen and oxygen atoms in total. The predicted octanol–water partition coefficient (Wildman–Crippen LogP) is 3.92. The Labute approximate surface area is 178 Å². The molecule has 2 N–H and O–H groups in total. The minimum atomic E-state index is -0.242. The molecule has 0 aliphatic carbocycles. The zero-order chi connectivity index (χ0) is 20.9. The number of hydrogen-bond donors (Lipinski definition) is 2. The highest BCUT2D eigenvalue weighted by Gasteiger charge is 2.13. The molecule has 2 heterocycles. The number of para-hydroxylation sites is 1. The Morgan fingerprint density at radius 3 is 2.60 bits per heavy atom. The van der Waals surface area contributed by atoms with Gasteiger partial charge < -0.3 is 10.6 Å². The molecular weight excluding hydrogens is 396 g/mol. The van der Waals surface area contributed by atoms with Crippen molar-refractivity contribution in [3.63, 3.8) is 0 Å². The van der Waals surface area contributed by atoms with Gasteiger partial charge in [0.2, 0.25) is 11.8 Å². The van der Waals surface area contributed by atoms with E-state index in [-0.39, 0.29) is 24.8 Å². The molecule has 4 aromatic rings. The number of hydrogen-bond acceptors (Lipinski definition) is 4. The lowest BCUT2D eigenvalue weighted by molar-refractivity contribution is -0.123. The molecule has 0 atom stereocenters. The predicted molar refractivity (Wildman–Crippen MR) is 120 cm³/mol. The number of carbonyl (C=O) groups excluding carboxylic acids is 2. The summed E-state index contributed by atoms with van der Waals surface area (Å²) in [4.78, 5) is 30.1. The van der Waals surface area contributed by atoms with Crippen LogP contribution in [0.15, 0.2) is 66.2 Å². The van der Waals surface area contributed by atoms with Crippen LogP contribution in [-0.4, -0.2) is 27.7 Å². The number of carbonyl (C=O) groups is 2. The van der Waals surface area contributed by atoms with Crippen LogP contribution in [0.4, 0.5) is 5.69 Å². The van der Waals surface area contributed by atoms with Crippen LogP contribution in [0.1, 0.15) is 18.2 Å². The SMILES string of the molecule is CCc1ccccc1NC(=O)CNC(=O)Cc1csc2nc(-c3ccccc3)cn12. The quantitative estimate of drug-likeness (QED) is 0.478. The van der Waals surface area contributed by atoms with Gasteiger partial charge in [-0.1, -0.05) is 55.5 Å². The van der Waals surface area contributed by atoms with Gasteiger partial charge in [0, 0.05) is 28.5 Å². The Bertz CT molecular complexity index is 1180. The van der Waals surface area contributed by atoms with Crippen molar-refractivity contribution < 1.29 is 9.59 Å². The topological polar surface area (TPSA) is 75.5 Å². The molecule has 0 aliphatic heterocycles. The molecule has 30 heavy (non-hydrogen) atoms. The van der Waals surface area contributed by atoms with E-state index in [9.17, 15) is 9.59 Å². The van der Waals surface area contributed by atoms with Crippen molar-refractivity contribution in [3.05, 3.63) is 77.4 Å². The van der Waals surface area contributed by atoms with Crippen LogP contribution in [0.5, 0.6) is 0 Å². The molecule has 2 aromatic carbocycles. The number of rotatable bonds is 7. The lowest BCUT2D eigenvalue weighted by Gasteiger charge is -2.10. The normalized spacial score (nSPS) is 10.8. The summed E-state index contributed by atoms with van der Waals surface area (Å²) in [5.41, 5.74) is 4.60. The van der Waals surface area contributed by atoms with Gasteiger partial charge in [0.1, 0.15) is 0 Å². The molecule has 0 fully saturated rings. The summed E-state index contributed by atoms with van der Waals surface area (Å²) in [5, 5.41) is 7.49. The second kappa shape index (κ2) is 8.92. The van der Waals surface area contributed by atoms with Crippen LogP contribution in [-0.2, 0) is 22.4 Å². The third kappa shape index (κ3) is 4.41. The first-order valence-electron chi connectivity index (χ1n) is 9.79. The summed E-state index contributed by atoms with van der Waals surface area (Å²) >= 11 is 1.49. The maximum absolute atomic E-state index is 12.4. The molecule has 0 aliphatic rings. The molecule has 0 spiro atoms. The smallest absolute Gasteiger partial charge is 0.243 e. The highest BCUT2D eigenvalue weighted by molar-refractivity contribution is 7.15. The highest BCUT2D eigenvalue weighted by atomic mass is 32.1. The summed E-state index contributed by atoms with van der Waals surface area (Å²) in [6.45, 7) is 1.97. The number of imidazole rings is 1. The highest BCUT2D eigenvalue weighted by Crippen LogP contribution is 2.23. The zero-order valence-corrected chi connectivity index (χ0v) is 17.4. The van der Waals surface area contributed by atoms with E-state index >= 15 is 0 Å². The molecule has 0 unspecified atom stereocenters. The number of aromatic nitrogens is 2. The number of fused-ring (bicyclic) bond motifs is 1. The van der Waals surface area contributed by atoms with E-state index in [0.717, 1.165) is 39.6 Å². The van der Waals surface area contributed by atoms with Gasteiger partial charge in [-0.3, -0.25) is 14.0 Å². The molecule has 0 saturated carbocycles. The van der Waals surface area contributed by atoms with Crippen LogP contribution in [0.2, 0.25) is 0 Å². The van der Waals surface area contributed by atoms with Gasteiger partial charge in [-0.2, -0.15) is 0 Å². The van der Waals surface area contributed by atoms with Crippen molar-refractivity contribution in [1.29, 1.82) is 0 Å². The van der Waals surface area contributed by atoms with Gasteiger partial charge >= 0.3 is 0 Å². The van der Waals surface area contributed by atoms with E-state index in [1.54, 1.807) is 0 Å². The Kier molecular flexibility index (Phi) is 5.90. The lowest BCUT2D eigenvalue weighted by atomic mass is 10.1. The zero-order valence-electron chi connectivity index (χ0n) is 16.6. The van der Waals surface area contributed by atoms with Crippen LogP contribution >= 0.6 is 11.3 Å². The Morgan fingerprint density at radius 2 is 1.80 bits per heavy atom. The Hall–Kier alpha value is -3.45. The van der Waals surface area contributed by atoms with Crippen molar-refractivity contribution in [2.45, 2.75) is 19.8 Å². The van der Waals surface area contributed by atoms with E-state index in [2.05, 4.69) is 15.6 Å². The van der Waals surface area contributed by atoms with Gasteiger partial charge in [0.15, 0.2) is 4.96 Å². The standard InChI is InChI=1S/C23H22N4O2S/c1-2-16-8-6-7-11-19(16)25-22(29)13-24-21(28)12-18-15-30-23-26-20(14-27(18)23)17-9-4-3-5-10-17/h3-11,14-15H,2,12-13H2,1H3,(H,24,28)(H,25,29). The molecule has 0 radical (unpaired) electrons. The summed E-state index contributed by atoms with van der Waals surface area (Å²) in [6.07, 6.45) is 2.95. The van der Waals surface area contributed by atoms with Gasteiger partial charge in [0.05, 0.1) is 18.7 Å².